The topological polar surface area (TPSA) is 101 Å². The van der Waals surface area contributed by atoms with Crippen LogP contribution in [-0.2, 0) is 4.79 Å². The first-order valence-electron chi connectivity index (χ1n) is 5.53. The second kappa shape index (κ2) is 5.23. The molecule has 2 rings (SSSR count). The van der Waals surface area contributed by atoms with Gasteiger partial charge in [-0.3, -0.25) is 30.6 Å². The summed E-state index contributed by atoms with van der Waals surface area (Å²) in [5.41, 5.74) is 4.12. The molecule has 7 nitrogen and oxygen atoms in total. The van der Waals surface area contributed by atoms with Gasteiger partial charge in [0.2, 0.25) is 5.91 Å². The maximum absolute atomic E-state index is 11.8. The molecule has 1 aliphatic carbocycles. The van der Waals surface area contributed by atoms with E-state index in [4.69, 9.17) is 11.6 Å². The highest BCUT2D eigenvalue weighted by molar-refractivity contribution is 6.34. The van der Waals surface area contributed by atoms with Gasteiger partial charge in [-0.1, -0.05) is 11.6 Å². The molecule has 0 radical (unpaired) electrons. The van der Waals surface area contributed by atoms with E-state index in [9.17, 15) is 19.7 Å². The van der Waals surface area contributed by atoms with Gasteiger partial charge >= 0.3 is 0 Å². The summed E-state index contributed by atoms with van der Waals surface area (Å²) in [6, 6.07) is 3.51. The lowest BCUT2D eigenvalue weighted by Crippen LogP contribution is -2.42. The van der Waals surface area contributed by atoms with Crippen LogP contribution < -0.4 is 10.9 Å². The molecule has 0 aliphatic heterocycles. The van der Waals surface area contributed by atoms with Crippen LogP contribution in [-0.4, -0.2) is 16.7 Å². The number of non-ortho nitro benzene ring substituents is 1. The Morgan fingerprint density at radius 3 is 2.58 bits per heavy atom. The molecule has 0 unspecified atom stereocenters. The van der Waals surface area contributed by atoms with Crippen molar-refractivity contribution in [1.82, 2.24) is 10.9 Å². The van der Waals surface area contributed by atoms with Gasteiger partial charge in [0.1, 0.15) is 0 Å². The van der Waals surface area contributed by atoms with Crippen LogP contribution in [0.5, 0.6) is 0 Å². The van der Waals surface area contributed by atoms with Crippen LogP contribution in [0.1, 0.15) is 23.2 Å². The van der Waals surface area contributed by atoms with Gasteiger partial charge in [-0.05, 0) is 18.9 Å². The number of nitro groups is 1. The molecule has 19 heavy (non-hydrogen) atoms. The molecule has 1 saturated carbocycles. The Bertz CT molecular complexity index is 557. The molecule has 2 amide bonds. The van der Waals surface area contributed by atoms with Gasteiger partial charge in [0.05, 0.1) is 15.5 Å². The van der Waals surface area contributed by atoms with Crippen LogP contribution in [0.4, 0.5) is 5.69 Å². The minimum absolute atomic E-state index is 0.0547. The molecule has 1 aliphatic rings. The fourth-order valence-electron chi connectivity index (χ4n) is 1.43. The molecule has 2 N–H and O–H groups in total. The zero-order valence-electron chi connectivity index (χ0n) is 9.68. The molecule has 1 aromatic carbocycles. The molecule has 100 valence electrons. The average Bonchev–Trinajstić information content (AvgIpc) is 3.20. The minimum Gasteiger partial charge on any atom is -0.273 e. The summed E-state index contributed by atoms with van der Waals surface area (Å²) in [7, 11) is 0. The zero-order chi connectivity index (χ0) is 14.0. The first kappa shape index (κ1) is 13.3. The number of benzene rings is 1. The average molecular weight is 284 g/mol. The standard InChI is InChI=1S/C11H10ClN3O4/c12-9-4-3-7(15(18)19)5-8(9)11(17)14-13-10(16)6-1-2-6/h3-6H,1-2H2,(H,13,16)(H,14,17). The quantitative estimate of drug-likeness (QED) is 0.647. The van der Waals surface area contributed by atoms with Crippen LogP contribution in [0.2, 0.25) is 5.02 Å². The van der Waals surface area contributed by atoms with E-state index < -0.39 is 10.8 Å². The molecule has 0 spiro atoms. The lowest BCUT2D eigenvalue weighted by molar-refractivity contribution is -0.384. The highest BCUT2D eigenvalue weighted by Crippen LogP contribution is 2.28. The first-order valence-corrected chi connectivity index (χ1v) is 5.91. The predicted octanol–water partition coefficient (Wildman–Crippen LogP) is 1.42. The minimum atomic E-state index is -0.692. The van der Waals surface area contributed by atoms with Gasteiger partial charge in [-0.25, -0.2) is 0 Å². The van der Waals surface area contributed by atoms with Crippen LogP contribution >= 0.6 is 11.6 Å². The third-order valence-electron chi connectivity index (χ3n) is 2.65. The smallest absolute Gasteiger partial charge is 0.271 e. The van der Waals surface area contributed by atoms with E-state index in [1.54, 1.807) is 0 Å². The van der Waals surface area contributed by atoms with E-state index in [1.807, 2.05) is 0 Å². The molecular weight excluding hydrogens is 274 g/mol. The molecule has 0 heterocycles. The summed E-state index contributed by atoms with van der Waals surface area (Å²) >= 11 is 5.79. The van der Waals surface area contributed by atoms with Gasteiger partial charge in [-0.2, -0.15) is 0 Å². The molecule has 1 aromatic rings. The molecule has 0 atom stereocenters. The Balaban J connectivity index is 2.06. The van der Waals surface area contributed by atoms with E-state index in [-0.39, 0.29) is 28.1 Å². The lowest BCUT2D eigenvalue weighted by atomic mass is 10.2. The number of amides is 2. The van der Waals surface area contributed by atoms with E-state index in [1.165, 1.54) is 12.1 Å². The van der Waals surface area contributed by atoms with Crippen LogP contribution in [0.25, 0.3) is 0 Å². The van der Waals surface area contributed by atoms with Crippen molar-refractivity contribution in [2.24, 2.45) is 5.92 Å². The fraction of sp³-hybridized carbons (Fsp3) is 0.273. The molecule has 0 aromatic heterocycles. The highest BCUT2D eigenvalue weighted by Gasteiger charge is 2.30. The van der Waals surface area contributed by atoms with E-state index in [0.29, 0.717) is 0 Å². The van der Waals surface area contributed by atoms with Gasteiger partial charge < -0.3 is 0 Å². The second-order valence-corrected chi connectivity index (χ2v) is 4.55. The maximum Gasteiger partial charge on any atom is 0.271 e. The molecule has 8 heteroatoms. The summed E-state index contributed by atoms with van der Waals surface area (Å²) in [6.45, 7) is 0. The molecular formula is C11H10ClN3O4. The Morgan fingerprint density at radius 2 is 2.00 bits per heavy atom. The normalized spacial score (nSPS) is 13.7. The number of nitro benzene ring substituents is 1. The van der Waals surface area contributed by atoms with Gasteiger partial charge in [0.25, 0.3) is 11.6 Å². The number of carbonyl (C=O) groups is 2. The van der Waals surface area contributed by atoms with Crippen molar-refractivity contribution in [3.8, 4) is 0 Å². The number of hydrogen-bond donors (Lipinski definition) is 2. The lowest BCUT2D eigenvalue weighted by Gasteiger charge is -2.07. The van der Waals surface area contributed by atoms with Crippen molar-refractivity contribution in [2.75, 3.05) is 0 Å². The third kappa shape index (κ3) is 3.19. The maximum atomic E-state index is 11.8. The van der Waals surface area contributed by atoms with Gasteiger partial charge in [0, 0.05) is 18.1 Å². The van der Waals surface area contributed by atoms with Crippen molar-refractivity contribution in [1.29, 1.82) is 0 Å². The number of nitrogens with zero attached hydrogens (tertiary/aromatic N) is 1. The number of hydrogen-bond acceptors (Lipinski definition) is 4. The summed E-state index contributed by atoms with van der Waals surface area (Å²) in [5.74, 6) is -1.02. The summed E-state index contributed by atoms with van der Waals surface area (Å²) in [5, 5.41) is 10.7. The SMILES string of the molecule is O=C(NNC(=O)C1CC1)c1cc([N+](=O)[O-])ccc1Cl. The number of nitrogens with one attached hydrogen (secondary N) is 2. The monoisotopic (exact) mass is 283 g/mol. The summed E-state index contributed by atoms with van der Waals surface area (Å²) < 4.78 is 0. The Labute approximate surface area is 113 Å². The van der Waals surface area contributed by atoms with E-state index in [0.717, 1.165) is 18.9 Å². The van der Waals surface area contributed by atoms with Crippen molar-refractivity contribution < 1.29 is 14.5 Å². The Morgan fingerprint density at radius 1 is 1.32 bits per heavy atom. The van der Waals surface area contributed by atoms with Gasteiger partial charge in [0.15, 0.2) is 0 Å². The van der Waals surface area contributed by atoms with Crippen LogP contribution in [0, 0.1) is 16.0 Å². The van der Waals surface area contributed by atoms with E-state index >= 15 is 0 Å². The second-order valence-electron chi connectivity index (χ2n) is 4.14. The van der Waals surface area contributed by atoms with E-state index in [2.05, 4.69) is 10.9 Å². The molecule has 1 fully saturated rings. The number of hydrazine groups is 1. The largest absolute Gasteiger partial charge is 0.273 e. The van der Waals surface area contributed by atoms with Crippen LogP contribution in [0.15, 0.2) is 18.2 Å². The van der Waals surface area contributed by atoms with Crippen LogP contribution in [0.3, 0.4) is 0 Å². The summed E-state index contributed by atoms with van der Waals surface area (Å²) in [4.78, 5) is 33.1. The van der Waals surface area contributed by atoms with Crippen molar-refractivity contribution >= 4 is 29.1 Å². The number of halogens is 1. The molecule has 0 bridgehead atoms. The molecule has 0 saturated heterocycles. The van der Waals surface area contributed by atoms with Crippen molar-refractivity contribution in [3.05, 3.63) is 38.9 Å². The first-order chi connectivity index (χ1) is 8.99. The van der Waals surface area contributed by atoms with Crippen molar-refractivity contribution in [2.45, 2.75) is 12.8 Å². The number of carbonyl (C=O) groups excluding carboxylic acids is 2. The Hall–Kier alpha value is -2.15. The predicted molar refractivity (Wildman–Crippen MR) is 66.4 cm³/mol. The fourth-order valence-corrected chi connectivity index (χ4v) is 1.64. The zero-order valence-corrected chi connectivity index (χ0v) is 10.4. The number of rotatable bonds is 3. The highest BCUT2D eigenvalue weighted by atomic mass is 35.5. The van der Waals surface area contributed by atoms with Crippen molar-refractivity contribution in [3.63, 3.8) is 0 Å². The third-order valence-corrected chi connectivity index (χ3v) is 2.98. The summed E-state index contributed by atoms with van der Waals surface area (Å²) in [6.07, 6.45) is 1.61. The Kier molecular flexibility index (Phi) is 3.66. The van der Waals surface area contributed by atoms with Gasteiger partial charge in [-0.15, -0.1) is 0 Å².